The van der Waals surface area contributed by atoms with Crippen LogP contribution in [0, 0.1) is 0 Å². The lowest BCUT2D eigenvalue weighted by Crippen LogP contribution is -2.23. The molecule has 0 atom stereocenters. The molecule has 1 heterocycles. The second-order valence-corrected chi connectivity index (χ2v) is 8.95. The number of ether oxygens (including phenoxy) is 1. The lowest BCUT2D eigenvalue weighted by Gasteiger charge is -2.09. The minimum atomic E-state index is -4.40. The van der Waals surface area contributed by atoms with E-state index in [1.807, 2.05) is 42.6 Å². The van der Waals surface area contributed by atoms with Gasteiger partial charge >= 0.3 is 12.1 Å². The molecule has 1 aromatic heterocycles. The number of alkyl halides is 3. The summed E-state index contributed by atoms with van der Waals surface area (Å²) in [5.74, 6) is -0.600. The van der Waals surface area contributed by atoms with E-state index < -0.39 is 11.7 Å². The van der Waals surface area contributed by atoms with Crippen molar-refractivity contribution in [3.63, 3.8) is 0 Å². The maximum absolute atomic E-state index is 12.8. The van der Waals surface area contributed by atoms with Gasteiger partial charge in [0, 0.05) is 30.3 Å². The summed E-state index contributed by atoms with van der Waals surface area (Å²) in [5, 5.41) is 7.51. The van der Waals surface area contributed by atoms with Crippen LogP contribution in [-0.4, -0.2) is 28.3 Å². The molecule has 0 spiro atoms. The monoisotopic (exact) mass is 535 g/mol. The fourth-order valence-electron chi connectivity index (χ4n) is 4.13. The highest BCUT2D eigenvalue weighted by Crippen LogP contribution is 2.29. The van der Waals surface area contributed by atoms with E-state index in [1.54, 1.807) is 29.8 Å². The lowest BCUT2D eigenvalue weighted by molar-refractivity contribution is -0.143. The zero-order chi connectivity index (χ0) is 27.8. The Labute approximate surface area is 224 Å². The summed E-state index contributed by atoms with van der Waals surface area (Å²) >= 11 is 0. The van der Waals surface area contributed by atoms with Crippen molar-refractivity contribution in [3.05, 3.63) is 113 Å². The van der Waals surface area contributed by atoms with Crippen molar-refractivity contribution in [3.8, 4) is 11.3 Å². The van der Waals surface area contributed by atoms with Gasteiger partial charge in [-0.05, 0) is 54.3 Å². The van der Waals surface area contributed by atoms with Crippen LogP contribution in [0.25, 0.3) is 11.3 Å². The van der Waals surface area contributed by atoms with Gasteiger partial charge in [-0.2, -0.15) is 18.3 Å². The Morgan fingerprint density at radius 3 is 2.38 bits per heavy atom. The first kappa shape index (κ1) is 27.6. The molecule has 9 heteroatoms. The second-order valence-electron chi connectivity index (χ2n) is 8.95. The smallest absolute Gasteiger partial charge is 0.416 e. The Hall–Kier alpha value is -4.40. The molecule has 0 unspecified atom stereocenters. The first-order valence-electron chi connectivity index (χ1n) is 12.5. The molecule has 0 radical (unpaired) electrons. The van der Waals surface area contributed by atoms with Gasteiger partial charge in [0.05, 0.1) is 24.4 Å². The first-order valence-corrected chi connectivity index (χ1v) is 12.5. The molecule has 3 aromatic carbocycles. The van der Waals surface area contributed by atoms with Crippen molar-refractivity contribution < 1.29 is 27.5 Å². The fourth-order valence-corrected chi connectivity index (χ4v) is 4.13. The van der Waals surface area contributed by atoms with Crippen LogP contribution in [0.5, 0.6) is 0 Å². The summed E-state index contributed by atoms with van der Waals surface area (Å²) < 4.78 is 45.1. The van der Waals surface area contributed by atoms with Crippen molar-refractivity contribution >= 4 is 11.9 Å². The highest BCUT2D eigenvalue weighted by atomic mass is 19.4. The zero-order valence-corrected chi connectivity index (χ0v) is 21.4. The first-order chi connectivity index (χ1) is 18.7. The van der Waals surface area contributed by atoms with E-state index in [9.17, 15) is 22.8 Å². The van der Waals surface area contributed by atoms with Gasteiger partial charge in [0.25, 0.3) is 5.91 Å². The van der Waals surface area contributed by atoms with E-state index in [4.69, 9.17) is 9.84 Å². The molecule has 0 aliphatic rings. The Kier molecular flexibility index (Phi) is 8.81. The minimum Gasteiger partial charge on any atom is -0.466 e. The molecular formula is C30H28F3N3O3. The van der Waals surface area contributed by atoms with Crippen LogP contribution in [0.4, 0.5) is 13.2 Å². The largest absolute Gasteiger partial charge is 0.466 e. The number of amides is 1. The number of halogens is 3. The molecule has 0 aliphatic carbocycles. The van der Waals surface area contributed by atoms with Gasteiger partial charge in [0.2, 0.25) is 0 Å². The number of nitrogens with zero attached hydrogens (tertiary/aromatic N) is 2. The summed E-state index contributed by atoms with van der Waals surface area (Å²) in [7, 11) is 0. The second kappa shape index (κ2) is 12.4. The highest BCUT2D eigenvalue weighted by molar-refractivity contribution is 5.94. The SMILES string of the molecule is CCOC(=O)CCc1cn(Cc2cccc(C(=O)NCc3ccc(C(F)(F)F)cc3)c2)nc1-c1ccccc1. The summed E-state index contributed by atoms with van der Waals surface area (Å²) in [5.41, 5.74) is 3.74. The van der Waals surface area contributed by atoms with E-state index in [1.165, 1.54) is 12.1 Å². The molecule has 0 aliphatic heterocycles. The molecule has 0 saturated carbocycles. The topological polar surface area (TPSA) is 73.2 Å². The lowest BCUT2D eigenvalue weighted by atomic mass is 10.0. The van der Waals surface area contributed by atoms with Crippen LogP contribution in [0.1, 0.15) is 46.0 Å². The van der Waals surface area contributed by atoms with E-state index in [0.29, 0.717) is 30.7 Å². The molecule has 202 valence electrons. The number of rotatable bonds is 10. The van der Waals surface area contributed by atoms with Gasteiger partial charge in [-0.3, -0.25) is 14.3 Å². The van der Waals surface area contributed by atoms with Gasteiger partial charge in [-0.25, -0.2) is 0 Å². The van der Waals surface area contributed by atoms with Gasteiger partial charge < -0.3 is 10.1 Å². The molecule has 1 N–H and O–H groups in total. The van der Waals surface area contributed by atoms with Crippen LogP contribution in [-0.2, 0) is 35.2 Å². The van der Waals surface area contributed by atoms with Crippen molar-refractivity contribution in [2.75, 3.05) is 6.61 Å². The summed E-state index contributed by atoms with van der Waals surface area (Å²) in [6, 6.07) is 21.5. The van der Waals surface area contributed by atoms with Crippen molar-refractivity contribution in [2.45, 2.75) is 39.0 Å². The average Bonchev–Trinajstić information content (AvgIpc) is 3.33. The summed E-state index contributed by atoms with van der Waals surface area (Å²) in [6.45, 7) is 2.61. The predicted octanol–water partition coefficient (Wildman–Crippen LogP) is 6.04. The number of carbonyl (C=O) groups is 2. The number of carbonyl (C=O) groups excluding carboxylic acids is 2. The van der Waals surface area contributed by atoms with Gasteiger partial charge in [-0.1, -0.05) is 54.6 Å². The third kappa shape index (κ3) is 7.56. The third-order valence-electron chi connectivity index (χ3n) is 6.06. The van der Waals surface area contributed by atoms with Crippen LogP contribution < -0.4 is 5.32 Å². The molecule has 39 heavy (non-hydrogen) atoms. The minimum absolute atomic E-state index is 0.102. The number of hydrogen-bond acceptors (Lipinski definition) is 4. The van der Waals surface area contributed by atoms with Crippen LogP contribution >= 0.6 is 0 Å². The van der Waals surface area contributed by atoms with Crippen LogP contribution in [0.15, 0.2) is 85.1 Å². The molecule has 6 nitrogen and oxygen atoms in total. The highest BCUT2D eigenvalue weighted by Gasteiger charge is 2.29. The Bertz CT molecular complexity index is 1410. The standard InChI is InChI=1S/C30H28F3N3O3/c1-2-39-27(37)16-13-25-20-36(35-28(25)23-8-4-3-5-9-23)19-22-7-6-10-24(17-22)29(38)34-18-21-11-14-26(15-12-21)30(31,32)33/h3-12,14-15,17,20H,2,13,16,18-19H2,1H3,(H,34,38). The number of aromatic nitrogens is 2. The average molecular weight is 536 g/mol. The molecule has 1 amide bonds. The number of nitrogens with one attached hydrogen (secondary N) is 1. The third-order valence-corrected chi connectivity index (χ3v) is 6.06. The van der Waals surface area contributed by atoms with E-state index in [-0.39, 0.29) is 24.8 Å². The van der Waals surface area contributed by atoms with Crippen LogP contribution in [0.2, 0.25) is 0 Å². The quantitative estimate of drug-likeness (QED) is 0.251. The molecule has 4 rings (SSSR count). The zero-order valence-electron chi connectivity index (χ0n) is 21.4. The van der Waals surface area contributed by atoms with E-state index in [0.717, 1.165) is 34.5 Å². The molecule has 0 saturated heterocycles. The van der Waals surface area contributed by atoms with Crippen LogP contribution in [0.3, 0.4) is 0 Å². The Morgan fingerprint density at radius 1 is 0.949 bits per heavy atom. The van der Waals surface area contributed by atoms with Crippen molar-refractivity contribution in [2.24, 2.45) is 0 Å². The van der Waals surface area contributed by atoms with Gasteiger partial charge in [0.15, 0.2) is 0 Å². The Balaban J connectivity index is 1.45. The van der Waals surface area contributed by atoms with E-state index in [2.05, 4.69) is 5.32 Å². The molecule has 0 fully saturated rings. The van der Waals surface area contributed by atoms with Crippen molar-refractivity contribution in [1.29, 1.82) is 0 Å². The Morgan fingerprint density at radius 2 is 1.69 bits per heavy atom. The number of hydrogen-bond donors (Lipinski definition) is 1. The molecule has 0 bridgehead atoms. The number of esters is 1. The predicted molar refractivity (Wildman–Crippen MR) is 141 cm³/mol. The van der Waals surface area contributed by atoms with E-state index >= 15 is 0 Å². The van der Waals surface area contributed by atoms with Crippen molar-refractivity contribution in [1.82, 2.24) is 15.1 Å². The van der Waals surface area contributed by atoms with Gasteiger partial charge in [-0.15, -0.1) is 0 Å². The fraction of sp³-hybridized carbons (Fsp3) is 0.233. The summed E-state index contributed by atoms with van der Waals surface area (Å²) in [6.07, 6.45) is -1.78. The maximum atomic E-state index is 12.8. The maximum Gasteiger partial charge on any atom is 0.416 e. The molecular weight excluding hydrogens is 507 g/mol. The summed E-state index contributed by atoms with van der Waals surface area (Å²) in [4.78, 5) is 24.7. The normalized spacial score (nSPS) is 11.3. The molecule has 4 aromatic rings. The number of benzene rings is 3. The van der Waals surface area contributed by atoms with Gasteiger partial charge in [0.1, 0.15) is 0 Å². The number of aryl methyl sites for hydroxylation is 1.